The summed E-state index contributed by atoms with van der Waals surface area (Å²) in [6, 6.07) is 13.6. The van der Waals surface area contributed by atoms with E-state index in [2.05, 4.69) is 11.9 Å². The monoisotopic (exact) mass is 398 g/mol. The zero-order chi connectivity index (χ0) is 19.4. The molecule has 1 saturated heterocycles. The van der Waals surface area contributed by atoms with Gasteiger partial charge >= 0.3 is 0 Å². The number of halogens is 1. The molecule has 0 spiro atoms. The van der Waals surface area contributed by atoms with Gasteiger partial charge in [-0.1, -0.05) is 48.2 Å². The maximum Gasteiger partial charge on any atom is 0.265 e. The molecule has 0 bridgehead atoms. The number of nitrogens with zero attached hydrogens (tertiary/aromatic N) is 1. The van der Waals surface area contributed by atoms with Crippen molar-refractivity contribution < 1.29 is 14.0 Å². The molecular weight excluding hydrogens is 383 g/mol. The molecule has 0 saturated carbocycles. The van der Waals surface area contributed by atoms with Gasteiger partial charge in [0.2, 0.25) is 0 Å². The highest BCUT2D eigenvalue weighted by atomic mass is 32.2. The predicted octanol–water partition coefficient (Wildman–Crippen LogP) is 3.79. The SMILES string of the molecule is C=CCN1C(=O)C(=Cc2ccccc2Sc2ccccc2F)C(=O)NC1=S. The van der Waals surface area contributed by atoms with Crippen LogP contribution in [-0.4, -0.2) is 28.4 Å². The fraction of sp³-hybridized carbons (Fsp3) is 0.0500. The Bertz CT molecular complexity index is 972. The lowest BCUT2D eigenvalue weighted by molar-refractivity contribution is -0.128. The average Bonchev–Trinajstić information content (AvgIpc) is 2.65. The van der Waals surface area contributed by atoms with Gasteiger partial charge < -0.3 is 0 Å². The lowest BCUT2D eigenvalue weighted by atomic mass is 10.1. The standard InChI is InChI=1S/C20H15FN2O2S2/c1-2-11-23-19(25)14(18(24)22-20(23)26)12-13-7-3-5-9-16(13)27-17-10-6-4-8-15(17)21/h2-10,12H,1,11H2,(H,22,24,26). The summed E-state index contributed by atoms with van der Waals surface area (Å²) in [5.74, 6) is -1.38. The summed E-state index contributed by atoms with van der Waals surface area (Å²) in [7, 11) is 0. The maximum atomic E-state index is 14.0. The molecule has 1 N–H and O–H groups in total. The second kappa shape index (κ2) is 8.28. The molecule has 0 atom stereocenters. The highest BCUT2D eigenvalue weighted by Gasteiger charge is 2.32. The first-order valence-electron chi connectivity index (χ1n) is 8.02. The molecule has 136 valence electrons. The van der Waals surface area contributed by atoms with Crippen LogP contribution in [0.2, 0.25) is 0 Å². The fourth-order valence-corrected chi connectivity index (χ4v) is 3.67. The van der Waals surface area contributed by atoms with E-state index < -0.39 is 11.8 Å². The van der Waals surface area contributed by atoms with Gasteiger partial charge in [-0.05, 0) is 42.1 Å². The van der Waals surface area contributed by atoms with Gasteiger partial charge in [0.15, 0.2) is 5.11 Å². The van der Waals surface area contributed by atoms with Gasteiger partial charge in [0.05, 0.1) is 0 Å². The number of thiocarbonyl (C=S) groups is 1. The van der Waals surface area contributed by atoms with Crippen LogP contribution in [0.25, 0.3) is 6.08 Å². The summed E-state index contributed by atoms with van der Waals surface area (Å²) in [6.45, 7) is 3.79. The van der Waals surface area contributed by atoms with Crippen molar-refractivity contribution in [3.63, 3.8) is 0 Å². The van der Waals surface area contributed by atoms with Crippen LogP contribution in [-0.2, 0) is 9.59 Å². The van der Waals surface area contributed by atoms with Crippen LogP contribution in [0.3, 0.4) is 0 Å². The topological polar surface area (TPSA) is 49.4 Å². The van der Waals surface area contributed by atoms with E-state index in [1.54, 1.807) is 36.4 Å². The Balaban J connectivity index is 1.98. The summed E-state index contributed by atoms with van der Waals surface area (Å²) in [4.78, 5) is 27.4. The van der Waals surface area contributed by atoms with Gasteiger partial charge in [-0.15, -0.1) is 6.58 Å². The van der Waals surface area contributed by atoms with Gasteiger partial charge in [-0.3, -0.25) is 19.8 Å². The highest BCUT2D eigenvalue weighted by Crippen LogP contribution is 2.33. The molecule has 0 aliphatic carbocycles. The number of hydrogen-bond donors (Lipinski definition) is 1. The molecule has 0 unspecified atom stereocenters. The predicted molar refractivity (Wildman–Crippen MR) is 108 cm³/mol. The molecule has 2 aromatic rings. The largest absolute Gasteiger partial charge is 0.298 e. The molecule has 27 heavy (non-hydrogen) atoms. The number of carbonyl (C=O) groups excluding carboxylic acids is 2. The maximum absolute atomic E-state index is 14.0. The Morgan fingerprint density at radius 1 is 1.11 bits per heavy atom. The van der Waals surface area contributed by atoms with Crippen molar-refractivity contribution >= 4 is 47.0 Å². The first-order chi connectivity index (χ1) is 13.0. The Kier molecular flexibility index (Phi) is 5.83. The highest BCUT2D eigenvalue weighted by molar-refractivity contribution is 7.99. The van der Waals surface area contributed by atoms with E-state index in [9.17, 15) is 14.0 Å². The molecule has 7 heteroatoms. The molecule has 3 rings (SSSR count). The quantitative estimate of drug-likeness (QED) is 0.360. The van der Waals surface area contributed by atoms with Crippen molar-refractivity contribution in [2.75, 3.05) is 6.54 Å². The first-order valence-corrected chi connectivity index (χ1v) is 9.25. The summed E-state index contributed by atoms with van der Waals surface area (Å²) >= 11 is 6.27. The third-order valence-corrected chi connectivity index (χ3v) is 5.24. The Morgan fingerprint density at radius 3 is 2.48 bits per heavy atom. The number of rotatable bonds is 5. The van der Waals surface area contributed by atoms with Crippen LogP contribution in [0.5, 0.6) is 0 Å². The van der Waals surface area contributed by atoms with Crippen molar-refractivity contribution in [2.24, 2.45) is 0 Å². The number of benzene rings is 2. The molecular formula is C20H15FN2O2S2. The second-order valence-corrected chi connectivity index (χ2v) is 7.06. The molecule has 1 aliphatic rings. The van der Waals surface area contributed by atoms with E-state index in [-0.39, 0.29) is 23.0 Å². The third kappa shape index (κ3) is 4.15. The minimum absolute atomic E-state index is 0.0352. The Hall–Kier alpha value is -2.77. The summed E-state index contributed by atoms with van der Waals surface area (Å²) in [6.07, 6.45) is 3.03. The van der Waals surface area contributed by atoms with Crippen molar-refractivity contribution in [1.82, 2.24) is 10.2 Å². The minimum atomic E-state index is -0.559. The molecule has 1 heterocycles. The fourth-order valence-electron chi connectivity index (χ4n) is 2.48. The van der Waals surface area contributed by atoms with Crippen molar-refractivity contribution in [3.8, 4) is 0 Å². The van der Waals surface area contributed by atoms with Crippen LogP contribution in [0.15, 0.2) is 76.5 Å². The van der Waals surface area contributed by atoms with E-state index in [1.807, 2.05) is 6.07 Å². The van der Waals surface area contributed by atoms with Gasteiger partial charge in [-0.25, -0.2) is 4.39 Å². The van der Waals surface area contributed by atoms with Crippen molar-refractivity contribution in [2.45, 2.75) is 9.79 Å². The van der Waals surface area contributed by atoms with Crippen molar-refractivity contribution in [1.29, 1.82) is 0 Å². The van der Waals surface area contributed by atoms with E-state index in [0.29, 0.717) is 10.5 Å². The van der Waals surface area contributed by atoms with Gasteiger partial charge in [0.1, 0.15) is 11.4 Å². The van der Waals surface area contributed by atoms with Crippen LogP contribution >= 0.6 is 24.0 Å². The second-order valence-electron chi connectivity index (χ2n) is 5.59. The lowest BCUT2D eigenvalue weighted by Crippen LogP contribution is -2.53. The van der Waals surface area contributed by atoms with E-state index in [4.69, 9.17) is 12.2 Å². The molecule has 1 aliphatic heterocycles. The van der Waals surface area contributed by atoms with Gasteiger partial charge in [0.25, 0.3) is 11.8 Å². The molecule has 0 aromatic heterocycles. The van der Waals surface area contributed by atoms with E-state index in [0.717, 1.165) is 4.90 Å². The average molecular weight is 398 g/mol. The van der Waals surface area contributed by atoms with Crippen LogP contribution < -0.4 is 5.32 Å². The molecule has 0 radical (unpaired) electrons. The molecule has 2 amide bonds. The zero-order valence-corrected chi connectivity index (χ0v) is 15.8. The third-order valence-electron chi connectivity index (χ3n) is 3.77. The number of nitrogens with one attached hydrogen (secondary N) is 1. The normalized spacial score (nSPS) is 15.8. The van der Waals surface area contributed by atoms with Crippen LogP contribution in [0.1, 0.15) is 5.56 Å². The lowest BCUT2D eigenvalue weighted by Gasteiger charge is -2.27. The smallest absolute Gasteiger partial charge is 0.265 e. The zero-order valence-electron chi connectivity index (χ0n) is 14.1. The Morgan fingerprint density at radius 2 is 1.78 bits per heavy atom. The van der Waals surface area contributed by atoms with E-state index in [1.165, 1.54) is 34.9 Å². The number of carbonyl (C=O) groups is 2. The molecule has 4 nitrogen and oxygen atoms in total. The summed E-state index contributed by atoms with van der Waals surface area (Å²) in [5, 5.41) is 2.56. The van der Waals surface area contributed by atoms with Gasteiger partial charge in [-0.2, -0.15) is 0 Å². The first kappa shape index (κ1) is 19.0. The van der Waals surface area contributed by atoms with Crippen LogP contribution in [0.4, 0.5) is 4.39 Å². The van der Waals surface area contributed by atoms with Crippen molar-refractivity contribution in [3.05, 3.63) is 78.1 Å². The Labute approximate surface area is 165 Å². The molecule has 2 aromatic carbocycles. The van der Waals surface area contributed by atoms with E-state index >= 15 is 0 Å². The summed E-state index contributed by atoms with van der Waals surface area (Å²) in [5.41, 5.74) is 0.600. The number of amides is 2. The van der Waals surface area contributed by atoms with Gasteiger partial charge in [0, 0.05) is 16.3 Å². The number of hydrogen-bond acceptors (Lipinski definition) is 4. The minimum Gasteiger partial charge on any atom is -0.298 e. The van der Waals surface area contributed by atoms with Crippen LogP contribution in [0, 0.1) is 5.82 Å². The summed E-state index contributed by atoms with van der Waals surface area (Å²) < 4.78 is 14.0. The molecule has 1 fully saturated rings.